The highest BCUT2D eigenvalue weighted by atomic mass is 16.6. The fourth-order valence-electron chi connectivity index (χ4n) is 1.84. The van der Waals surface area contributed by atoms with Crippen LogP contribution in [0.5, 0.6) is 11.5 Å². The Morgan fingerprint density at radius 2 is 2.07 bits per heavy atom. The van der Waals surface area contributed by atoms with Crippen molar-refractivity contribution in [3.63, 3.8) is 0 Å². The topological polar surface area (TPSA) is 42.9 Å². The summed E-state index contributed by atoms with van der Waals surface area (Å²) >= 11 is 0. The average molecular weight is 204 g/mol. The quantitative estimate of drug-likeness (QED) is 0.753. The number of nitrogens with zero attached hydrogens (tertiary/aromatic N) is 1. The number of fused-ring (bicyclic) bond motifs is 1. The third kappa shape index (κ3) is 1.52. The average Bonchev–Trinajstić information content (AvgIpc) is 2.82. The lowest BCUT2D eigenvalue weighted by atomic mass is 10.0. The minimum atomic E-state index is 0.279. The Bertz CT molecular complexity index is 396. The summed E-state index contributed by atoms with van der Waals surface area (Å²) in [6, 6.07) is 6.32. The zero-order chi connectivity index (χ0) is 10.1. The van der Waals surface area contributed by atoms with Gasteiger partial charge in [-0.1, -0.05) is 6.07 Å². The van der Waals surface area contributed by atoms with E-state index < -0.39 is 0 Å². The number of benzene rings is 1. The van der Waals surface area contributed by atoms with Gasteiger partial charge in [0.2, 0.25) is 0 Å². The normalized spacial score (nSPS) is 22.5. The number of hydrogen-bond donors (Lipinski definition) is 1. The molecule has 2 aliphatic rings. The summed E-state index contributed by atoms with van der Waals surface area (Å²) in [4.78, 5) is 0. The van der Waals surface area contributed by atoms with Crippen LogP contribution in [-0.2, 0) is 0 Å². The largest absolute Gasteiger partial charge is 0.486 e. The number of ether oxygens (including phenoxy) is 2. The van der Waals surface area contributed by atoms with Crippen LogP contribution in [0.25, 0.3) is 0 Å². The summed E-state index contributed by atoms with van der Waals surface area (Å²) in [5.74, 6) is 1.68. The lowest BCUT2D eigenvalue weighted by Gasteiger charge is -2.20. The van der Waals surface area contributed by atoms with Crippen molar-refractivity contribution in [2.24, 2.45) is 5.10 Å². The van der Waals surface area contributed by atoms with Gasteiger partial charge in [0.25, 0.3) is 0 Å². The van der Waals surface area contributed by atoms with Gasteiger partial charge in [-0.05, 0) is 17.7 Å². The Hall–Kier alpha value is -1.71. The summed E-state index contributed by atoms with van der Waals surface area (Å²) in [7, 11) is 0. The third-order valence-electron chi connectivity index (χ3n) is 2.63. The summed E-state index contributed by atoms with van der Waals surface area (Å²) in [6.07, 6.45) is 2.82. The molecule has 15 heavy (non-hydrogen) atoms. The smallest absolute Gasteiger partial charge is 0.161 e. The lowest BCUT2D eigenvalue weighted by molar-refractivity contribution is 0.171. The van der Waals surface area contributed by atoms with Crippen molar-refractivity contribution in [1.82, 2.24) is 5.43 Å². The molecule has 0 fully saturated rings. The van der Waals surface area contributed by atoms with Crippen LogP contribution in [-0.4, -0.2) is 19.4 Å². The molecule has 1 atom stereocenters. The third-order valence-corrected chi connectivity index (χ3v) is 2.63. The van der Waals surface area contributed by atoms with E-state index in [0.29, 0.717) is 13.2 Å². The van der Waals surface area contributed by atoms with Gasteiger partial charge in [0.1, 0.15) is 13.2 Å². The molecule has 0 bridgehead atoms. The van der Waals surface area contributed by atoms with E-state index in [9.17, 15) is 0 Å². The van der Waals surface area contributed by atoms with E-state index in [2.05, 4.69) is 16.6 Å². The molecule has 1 unspecified atom stereocenters. The van der Waals surface area contributed by atoms with Gasteiger partial charge in [0.15, 0.2) is 11.5 Å². The first-order chi connectivity index (χ1) is 7.43. The van der Waals surface area contributed by atoms with Gasteiger partial charge in [-0.3, -0.25) is 0 Å². The van der Waals surface area contributed by atoms with E-state index in [4.69, 9.17) is 9.47 Å². The number of hydrazone groups is 1. The maximum atomic E-state index is 5.53. The molecule has 0 aromatic heterocycles. The highest BCUT2D eigenvalue weighted by Crippen LogP contribution is 2.33. The molecule has 1 aromatic carbocycles. The Morgan fingerprint density at radius 3 is 2.87 bits per heavy atom. The number of hydrogen-bond acceptors (Lipinski definition) is 4. The molecule has 1 N–H and O–H groups in total. The molecule has 4 nitrogen and oxygen atoms in total. The summed E-state index contributed by atoms with van der Waals surface area (Å²) in [6.45, 7) is 1.27. The molecule has 0 aliphatic carbocycles. The van der Waals surface area contributed by atoms with Crippen LogP contribution < -0.4 is 14.9 Å². The lowest BCUT2D eigenvalue weighted by Crippen LogP contribution is -2.16. The van der Waals surface area contributed by atoms with Crippen molar-refractivity contribution < 1.29 is 9.47 Å². The fraction of sp³-hybridized carbons (Fsp3) is 0.364. The first kappa shape index (κ1) is 8.59. The van der Waals surface area contributed by atoms with Crippen LogP contribution in [0.4, 0.5) is 0 Å². The van der Waals surface area contributed by atoms with E-state index in [0.717, 1.165) is 17.9 Å². The summed E-state index contributed by atoms with van der Waals surface area (Å²) < 4.78 is 11.0. The molecular weight excluding hydrogens is 192 g/mol. The van der Waals surface area contributed by atoms with Gasteiger partial charge in [0, 0.05) is 12.6 Å². The molecule has 0 spiro atoms. The molecule has 0 saturated heterocycles. The van der Waals surface area contributed by atoms with Gasteiger partial charge in [0.05, 0.1) is 6.04 Å². The minimum Gasteiger partial charge on any atom is -0.486 e. The van der Waals surface area contributed by atoms with Crippen molar-refractivity contribution in [2.75, 3.05) is 13.2 Å². The number of rotatable bonds is 1. The maximum absolute atomic E-state index is 5.53. The van der Waals surface area contributed by atoms with E-state index in [-0.39, 0.29) is 6.04 Å². The second-order valence-corrected chi connectivity index (χ2v) is 3.63. The Labute approximate surface area is 87.9 Å². The fourth-order valence-corrected chi connectivity index (χ4v) is 1.84. The van der Waals surface area contributed by atoms with Crippen LogP contribution in [0.1, 0.15) is 18.0 Å². The molecule has 0 amide bonds. The zero-order valence-electron chi connectivity index (χ0n) is 8.27. The molecule has 4 heteroatoms. The summed E-state index contributed by atoms with van der Waals surface area (Å²) in [5.41, 5.74) is 4.24. The molecular formula is C11H12N2O2. The van der Waals surface area contributed by atoms with Gasteiger partial charge < -0.3 is 14.9 Å². The van der Waals surface area contributed by atoms with Crippen LogP contribution in [0.2, 0.25) is 0 Å². The summed E-state index contributed by atoms with van der Waals surface area (Å²) in [5, 5.41) is 4.01. The van der Waals surface area contributed by atoms with Crippen LogP contribution in [0, 0.1) is 0 Å². The van der Waals surface area contributed by atoms with Crippen LogP contribution >= 0.6 is 0 Å². The molecule has 2 heterocycles. The second-order valence-electron chi connectivity index (χ2n) is 3.63. The molecule has 0 radical (unpaired) electrons. The van der Waals surface area contributed by atoms with Gasteiger partial charge in [-0.25, -0.2) is 0 Å². The van der Waals surface area contributed by atoms with Crippen molar-refractivity contribution >= 4 is 6.21 Å². The molecule has 1 aromatic rings. The maximum Gasteiger partial charge on any atom is 0.161 e. The standard InChI is InChI=1S/C11H12N2O2/c1-2-10-11(15-6-5-14-10)7-8(1)9-3-4-12-13-9/h1-2,4,7,9,13H,3,5-6H2. The van der Waals surface area contributed by atoms with Gasteiger partial charge >= 0.3 is 0 Å². The molecule has 78 valence electrons. The predicted octanol–water partition coefficient (Wildman–Crippen LogP) is 1.48. The van der Waals surface area contributed by atoms with E-state index in [1.807, 2.05) is 18.3 Å². The SMILES string of the molecule is C1=NNC(c2ccc3c(c2)OCCO3)C1. The minimum absolute atomic E-state index is 0.279. The highest BCUT2D eigenvalue weighted by Gasteiger charge is 2.17. The van der Waals surface area contributed by atoms with Crippen molar-refractivity contribution in [2.45, 2.75) is 12.5 Å². The molecule has 2 aliphatic heterocycles. The van der Waals surface area contributed by atoms with Crippen molar-refractivity contribution in [1.29, 1.82) is 0 Å². The van der Waals surface area contributed by atoms with Crippen LogP contribution in [0.3, 0.4) is 0 Å². The number of nitrogens with one attached hydrogen (secondary N) is 1. The van der Waals surface area contributed by atoms with Gasteiger partial charge in [-0.2, -0.15) is 5.10 Å². The first-order valence-corrected chi connectivity index (χ1v) is 5.10. The zero-order valence-corrected chi connectivity index (χ0v) is 8.27. The highest BCUT2D eigenvalue weighted by molar-refractivity contribution is 5.61. The van der Waals surface area contributed by atoms with Crippen molar-refractivity contribution in [3.05, 3.63) is 23.8 Å². The van der Waals surface area contributed by atoms with E-state index in [1.165, 1.54) is 5.56 Å². The molecule has 3 rings (SSSR count). The Kier molecular flexibility index (Phi) is 1.98. The van der Waals surface area contributed by atoms with Gasteiger partial charge in [-0.15, -0.1) is 0 Å². The monoisotopic (exact) mass is 204 g/mol. The Balaban J connectivity index is 1.90. The van der Waals surface area contributed by atoms with Crippen molar-refractivity contribution in [3.8, 4) is 11.5 Å². The van der Waals surface area contributed by atoms with E-state index >= 15 is 0 Å². The molecule has 0 saturated carbocycles. The predicted molar refractivity (Wildman–Crippen MR) is 56.4 cm³/mol. The first-order valence-electron chi connectivity index (χ1n) is 5.10. The van der Waals surface area contributed by atoms with E-state index in [1.54, 1.807) is 0 Å². The second kappa shape index (κ2) is 3.46. The Morgan fingerprint density at radius 1 is 1.20 bits per heavy atom. The van der Waals surface area contributed by atoms with Crippen LogP contribution in [0.15, 0.2) is 23.3 Å².